The van der Waals surface area contributed by atoms with Crippen LogP contribution in [-0.4, -0.2) is 23.9 Å². The molecule has 1 amide bonds. The van der Waals surface area contributed by atoms with E-state index in [4.69, 9.17) is 0 Å². The molecule has 2 rings (SSSR count). The van der Waals surface area contributed by atoms with Crippen LogP contribution in [0.1, 0.15) is 31.7 Å². The summed E-state index contributed by atoms with van der Waals surface area (Å²) in [6.45, 7) is 5.51. The Morgan fingerprint density at radius 2 is 2.10 bits per heavy atom. The SMILES string of the molecule is CCC1(C(=O)Nc2cc([N+](=O)[O-])ccc2C)CCNCC1. The Labute approximate surface area is 124 Å². The maximum atomic E-state index is 12.6. The first-order chi connectivity index (χ1) is 9.98. The van der Waals surface area contributed by atoms with Gasteiger partial charge in [0.05, 0.1) is 16.0 Å². The zero-order chi connectivity index (χ0) is 15.5. The van der Waals surface area contributed by atoms with Crippen molar-refractivity contribution in [2.24, 2.45) is 5.41 Å². The molecule has 1 aliphatic rings. The summed E-state index contributed by atoms with van der Waals surface area (Å²) >= 11 is 0. The molecular formula is C15H21N3O3. The molecule has 0 bridgehead atoms. The molecule has 0 aromatic heterocycles. The predicted octanol–water partition coefficient (Wildman–Crippen LogP) is 2.62. The molecule has 0 atom stereocenters. The van der Waals surface area contributed by atoms with Crippen LogP contribution < -0.4 is 10.6 Å². The maximum Gasteiger partial charge on any atom is 0.271 e. The van der Waals surface area contributed by atoms with Crippen LogP contribution in [0.4, 0.5) is 11.4 Å². The number of benzene rings is 1. The molecule has 0 aliphatic carbocycles. The molecule has 1 aromatic carbocycles. The minimum atomic E-state index is -0.449. The summed E-state index contributed by atoms with van der Waals surface area (Å²) in [4.78, 5) is 23.1. The first kappa shape index (κ1) is 15.4. The third-order valence-electron chi connectivity index (χ3n) is 4.40. The van der Waals surface area contributed by atoms with E-state index in [1.54, 1.807) is 6.07 Å². The summed E-state index contributed by atoms with van der Waals surface area (Å²) in [6, 6.07) is 4.54. The third-order valence-corrected chi connectivity index (χ3v) is 4.40. The van der Waals surface area contributed by atoms with Gasteiger partial charge in [-0.2, -0.15) is 0 Å². The van der Waals surface area contributed by atoms with Crippen LogP contribution >= 0.6 is 0 Å². The van der Waals surface area contributed by atoms with E-state index in [-0.39, 0.29) is 17.0 Å². The summed E-state index contributed by atoms with van der Waals surface area (Å²) in [6.07, 6.45) is 2.36. The Hall–Kier alpha value is -1.95. The Morgan fingerprint density at radius 3 is 2.67 bits per heavy atom. The number of carbonyl (C=O) groups is 1. The number of amides is 1. The highest BCUT2D eigenvalue weighted by Gasteiger charge is 2.37. The van der Waals surface area contributed by atoms with E-state index in [2.05, 4.69) is 10.6 Å². The molecular weight excluding hydrogens is 270 g/mol. The number of anilines is 1. The van der Waals surface area contributed by atoms with Crippen molar-refractivity contribution in [1.82, 2.24) is 5.32 Å². The first-order valence-corrected chi connectivity index (χ1v) is 7.26. The van der Waals surface area contributed by atoms with Gasteiger partial charge in [-0.05, 0) is 44.8 Å². The number of nitro groups is 1. The van der Waals surface area contributed by atoms with Crippen molar-refractivity contribution in [3.05, 3.63) is 33.9 Å². The maximum absolute atomic E-state index is 12.6. The lowest BCUT2D eigenvalue weighted by atomic mass is 9.76. The van der Waals surface area contributed by atoms with Crippen LogP contribution in [0.15, 0.2) is 18.2 Å². The van der Waals surface area contributed by atoms with E-state index in [0.717, 1.165) is 37.9 Å². The molecule has 0 radical (unpaired) electrons. The van der Waals surface area contributed by atoms with E-state index >= 15 is 0 Å². The average molecular weight is 291 g/mol. The van der Waals surface area contributed by atoms with E-state index in [0.29, 0.717) is 5.69 Å². The summed E-state index contributed by atoms with van der Waals surface area (Å²) in [7, 11) is 0. The minimum absolute atomic E-state index is 0.00763. The lowest BCUT2D eigenvalue weighted by Gasteiger charge is -2.35. The monoisotopic (exact) mass is 291 g/mol. The van der Waals surface area contributed by atoms with Gasteiger partial charge in [-0.25, -0.2) is 0 Å². The second-order valence-corrected chi connectivity index (χ2v) is 5.59. The topological polar surface area (TPSA) is 84.3 Å². The molecule has 6 heteroatoms. The van der Waals surface area contributed by atoms with Crippen LogP contribution in [0.2, 0.25) is 0 Å². The Balaban J connectivity index is 2.22. The molecule has 114 valence electrons. The zero-order valence-electron chi connectivity index (χ0n) is 12.4. The highest BCUT2D eigenvalue weighted by molar-refractivity contribution is 5.96. The van der Waals surface area contributed by atoms with Gasteiger partial charge in [-0.3, -0.25) is 14.9 Å². The van der Waals surface area contributed by atoms with Gasteiger partial charge in [-0.15, -0.1) is 0 Å². The van der Waals surface area contributed by atoms with Gasteiger partial charge >= 0.3 is 0 Å². The second-order valence-electron chi connectivity index (χ2n) is 5.59. The van der Waals surface area contributed by atoms with Gasteiger partial charge in [0.25, 0.3) is 5.69 Å². The standard InChI is InChI=1S/C15H21N3O3/c1-3-15(6-8-16-9-7-15)14(19)17-13-10-12(18(20)21)5-4-11(13)2/h4-5,10,16H,3,6-9H2,1-2H3,(H,17,19). The van der Waals surface area contributed by atoms with Gasteiger partial charge in [-0.1, -0.05) is 13.0 Å². The van der Waals surface area contributed by atoms with Crippen LogP contribution in [0.25, 0.3) is 0 Å². The lowest BCUT2D eigenvalue weighted by Crippen LogP contribution is -2.44. The van der Waals surface area contributed by atoms with Gasteiger partial charge in [0.15, 0.2) is 0 Å². The number of nitrogens with zero attached hydrogens (tertiary/aromatic N) is 1. The van der Waals surface area contributed by atoms with Crippen LogP contribution in [-0.2, 0) is 4.79 Å². The molecule has 21 heavy (non-hydrogen) atoms. The number of non-ortho nitro benzene ring substituents is 1. The quantitative estimate of drug-likeness (QED) is 0.659. The number of rotatable bonds is 4. The molecule has 2 N–H and O–H groups in total. The number of hydrogen-bond acceptors (Lipinski definition) is 4. The smallest absolute Gasteiger partial charge is 0.271 e. The molecule has 1 aliphatic heterocycles. The van der Waals surface area contributed by atoms with Crippen molar-refractivity contribution in [3.8, 4) is 0 Å². The van der Waals surface area contributed by atoms with Crippen LogP contribution in [0, 0.1) is 22.5 Å². The number of nitro benzene ring substituents is 1. The summed E-state index contributed by atoms with van der Waals surface area (Å²) in [5, 5.41) is 17.0. The fourth-order valence-electron chi connectivity index (χ4n) is 2.76. The van der Waals surface area contributed by atoms with Crippen molar-refractivity contribution in [2.45, 2.75) is 33.1 Å². The van der Waals surface area contributed by atoms with Gasteiger partial charge in [0.2, 0.25) is 5.91 Å². The predicted molar refractivity (Wildman–Crippen MR) is 81.3 cm³/mol. The molecule has 1 fully saturated rings. The Morgan fingerprint density at radius 1 is 1.43 bits per heavy atom. The normalized spacial score (nSPS) is 17.2. The highest BCUT2D eigenvalue weighted by Crippen LogP contribution is 2.34. The largest absolute Gasteiger partial charge is 0.325 e. The Kier molecular flexibility index (Phi) is 4.57. The lowest BCUT2D eigenvalue weighted by molar-refractivity contribution is -0.384. The van der Waals surface area contributed by atoms with Gasteiger partial charge < -0.3 is 10.6 Å². The van der Waals surface area contributed by atoms with Crippen molar-refractivity contribution in [3.63, 3.8) is 0 Å². The van der Waals surface area contributed by atoms with Crippen molar-refractivity contribution < 1.29 is 9.72 Å². The van der Waals surface area contributed by atoms with Crippen LogP contribution in [0.5, 0.6) is 0 Å². The molecule has 1 heterocycles. The van der Waals surface area contributed by atoms with Gasteiger partial charge in [0.1, 0.15) is 0 Å². The van der Waals surface area contributed by atoms with E-state index in [1.807, 2.05) is 13.8 Å². The number of hydrogen-bond donors (Lipinski definition) is 2. The van der Waals surface area contributed by atoms with Crippen LogP contribution in [0.3, 0.4) is 0 Å². The fourth-order valence-corrected chi connectivity index (χ4v) is 2.76. The van der Waals surface area contributed by atoms with E-state index < -0.39 is 4.92 Å². The molecule has 0 spiro atoms. The number of piperidine rings is 1. The Bertz CT molecular complexity index is 551. The van der Waals surface area contributed by atoms with Crippen molar-refractivity contribution in [2.75, 3.05) is 18.4 Å². The number of carbonyl (C=O) groups excluding carboxylic acids is 1. The molecule has 0 saturated carbocycles. The van der Waals surface area contributed by atoms with Crippen molar-refractivity contribution >= 4 is 17.3 Å². The van der Waals surface area contributed by atoms with Gasteiger partial charge in [0, 0.05) is 12.1 Å². The summed E-state index contributed by atoms with van der Waals surface area (Å²) in [5.74, 6) is -0.0323. The molecule has 6 nitrogen and oxygen atoms in total. The molecule has 1 aromatic rings. The minimum Gasteiger partial charge on any atom is -0.325 e. The molecule has 0 unspecified atom stereocenters. The average Bonchev–Trinajstić information content (AvgIpc) is 2.49. The fraction of sp³-hybridized carbons (Fsp3) is 0.533. The number of aryl methyl sites for hydroxylation is 1. The van der Waals surface area contributed by atoms with Crippen molar-refractivity contribution in [1.29, 1.82) is 0 Å². The van der Waals surface area contributed by atoms with E-state index in [9.17, 15) is 14.9 Å². The summed E-state index contributed by atoms with van der Waals surface area (Å²) < 4.78 is 0. The second kappa shape index (κ2) is 6.22. The highest BCUT2D eigenvalue weighted by atomic mass is 16.6. The summed E-state index contributed by atoms with van der Waals surface area (Å²) in [5.41, 5.74) is 0.976. The zero-order valence-corrected chi connectivity index (χ0v) is 12.4. The third kappa shape index (κ3) is 3.21. The number of nitrogens with one attached hydrogen (secondary N) is 2. The van der Waals surface area contributed by atoms with E-state index in [1.165, 1.54) is 12.1 Å². The first-order valence-electron chi connectivity index (χ1n) is 7.26. The molecule has 1 saturated heterocycles.